The maximum absolute atomic E-state index is 10.9. The minimum Gasteiger partial charge on any atom is -0.478 e. The molecule has 5 heteroatoms. The smallest absolute Gasteiger partial charge is 0.335 e. The van der Waals surface area contributed by atoms with Crippen LogP contribution in [-0.4, -0.2) is 20.9 Å². The molecule has 0 saturated heterocycles. The van der Waals surface area contributed by atoms with Crippen molar-refractivity contribution in [3.8, 4) is 5.00 Å². The molecule has 2 aromatic heterocycles. The summed E-state index contributed by atoms with van der Waals surface area (Å²) in [4.78, 5) is 10.9. The van der Waals surface area contributed by atoms with E-state index < -0.39 is 5.97 Å². The van der Waals surface area contributed by atoms with Crippen molar-refractivity contribution < 1.29 is 9.90 Å². The van der Waals surface area contributed by atoms with Crippen molar-refractivity contribution in [2.75, 3.05) is 0 Å². The Morgan fingerprint density at radius 3 is 2.94 bits per heavy atom. The number of hydrogen-bond donors (Lipinski definition) is 1. The number of carboxylic acid groups (broad SMARTS) is 1. The molecule has 17 heavy (non-hydrogen) atoms. The van der Waals surface area contributed by atoms with Gasteiger partial charge in [0.2, 0.25) is 0 Å². The van der Waals surface area contributed by atoms with Gasteiger partial charge >= 0.3 is 5.97 Å². The largest absolute Gasteiger partial charge is 0.478 e. The van der Waals surface area contributed by atoms with E-state index in [9.17, 15) is 4.79 Å². The Kier molecular flexibility index (Phi) is 2.19. The Bertz CT molecular complexity index is 686. The van der Waals surface area contributed by atoms with Gasteiger partial charge in [-0.15, -0.1) is 11.3 Å². The average Bonchev–Trinajstić information content (AvgIpc) is 2.96. The zero-order valence-corrected chi connectivity index (χ0v) is 9.52. The molecule has 3 rings (SSSR count). The summed E-state index contributed by atoms with van der Waals surface area (Å²) in [6, 6.07) is 8.94. The average molecular weight is 244 g/mol. The van der Waals surface area contributed by atoms with Crippen molar-refractivity contribution in [1.29, 1.82) is 0 Å². The van der Waals surface area contributed by atoms with E-state index in [4.69, 9.17) is 5.11 Å². The number of aromatic carboxylic acids is 1. The standard InChI is InChI=1S/C12H8N2O2S/c15-12(16)8-3-4-10-9(6-8)7-13-14(10)11-2-1-5-17-11/h1-7H,(H,15,16). The van der Waals surface area contributed by atoms with Crippen LogP contribution < -0.4 is 0 Å². The summed E-state index contributed by atoms with van der Waals surface area (Å²) in [5, 5.41) is 17.0. The molecule has 3 aromatic rings. The van der Waals surface area contributed by atoms with Crippen molar-refractivity contribution in [3.63, 3.8) is 0 Å². The molecule has 0 aliphatic heterocycles. The Morgan fingerprint density at radius 1 is 1.35 bits per heavy atom. The van der Waals surface area contributed by atoms with Crippen LogP contribution in [0, 0.1) is 0 Å². The van der Waals surface area contributed by atoms with Crippen molar-refractivity contribution in [1.82, 2.24) is 9.78 Å². The van der Waals surface area contributed by atoms with Crippen molar-refractivity contribution in [2.24, 2.45) is 0 Å². The topological polar surface area (TPSA) is 55.1 Å². The summed E-state index contributed by atoms with van der Waals surface area (Å²) in [5.41, 5.74) is 1.20. The number of carbonyl (C=O) groups is 1. The molecular formula is C12H8N2O2S. The third kappa shape index (κ3) is 1.60. The molecule has 0 bridgehead atoms. The van der Waals surface area contributed by atoms with Crippen molar-refractivity contribution in [3.05, 3.63) is 47.5 Å². The fraction of sp³-hybridized carbons (Fsp3) is 0. The summed E-state index contributed by atoms with van der Waals surface area (Å²) in [6.45, 7) is 0. The lowest BCUT2D eigenvalue weighted by atomic mass is 10.1. The highest BCUT2D eigenvalue weighted by Gasteiger charge is 2.08. The van der Waals surface area contributed by atoms with Crippen LogP contribution in [0.5, 0.6) is 0 Å². The SMILES string of the molecule is O=C(O)c1ccc2c(cnn2-c2cccs2)c1. The quantitative estimate of drug-likeness (QED) is 0.754. The van der Waals surface area contributed by atoms with E-state index in [1.165, 1.54) is 0 Å². The van der Waals surface area contributed by atoms with Crippen LogP contribution in [0.3, 0.4) is 0 Å². The Balaban J connectivity index is 2.21. The lowest BCUT2D eigenvalue weighted by molar-refractivity contribution is 0.0697. The second kappa shape index (κ2) is 3.71. The molecule has 0 unspecified atom stereocenters. The highest BCUT2D eigenvalue weighted by Crippen LogP contribution is 2.22. The number of hydrogen-bond acceptors (Lipinski definition) is 3. The van der Waals surface area contributed by atoms with Crippen LogP contribution in [-0.2, 0) is 0 Å². The first-order valence-electron chi connectivity index (χ1n) is 5.01. The maximum Gasteiger partial charge on any atom is 0.335 e. The fourth-order valence-electron chi connectivity index (χ4n) is 1.73. The molecule has 0 atom stereocenters. The summed E-state index contributed by atoms with van der Waals surface area (Å²) in [7, 11) is 0. The zero-order chi connectivity index (χ0) is 11.8. The van der Waals surface area contributed by atoms with Gasteiger partial charge < -0.3 is 5.11 Å². The Labute approximate surface area is 101 Å². The van der Waals surface area contributed by atoms with E-state index in [-0.39, 0.29) is 5.56 Å². The molecule has 0 saturated carbocycles. The van der Waals surface area contributed by atoms with Crippen LogP contribution in [0.25, 0.3) is 15.9 Å². The van der Waals surface area contributed by atoms with Crippen LogP contribution in [0.2, 0.25) is 0 Å². The van der Waals surface area contributed by atoms with Gasteiger partial charge in [0.15, 0.2) is 0 Å². The minimum atomic E-state index is -0.921. The molecule has 1 N–H and O–H groups in total. The summed E-state index contributed by atoms with van der Waals surface area (Å²) >= 11 is 1.59. The molecule has 2 heterocycles. The van der Waals surface area contributed by atoms with E-state index in [1.54, 1.807) is 35.7 Å². The number of aromatic nitrogens is 2. The molecular weight excluding hydrogens is 236 g/mol. The normalized spacial score (nSPS) is 10.8. The monoisotopic (exact) mass is 244 g/mol. The van der Waals surface area contributed by atoms with Gasteiger partial charge in [-0.3, -0.25) is 0 Å². The first-order chi connectivity index (χ1) is 8.25. The van der Waals surface area contributed by atoms with Crippen molar-refractivity contribution in [2.45, 2.75) is 0 Å². The van der Waals surface area contributed by atoms with Gasteiger partial charge in [0.25, 0.3) is 0 Å². The van der Waals surface area contributed by atoms with Crippen LogP contribution in [0.4, 0.5) is 0 Å². The molecule has 0 radical (unpaired) electrons. The third-order valence-electron chi connectivity index (χ3n) is 2.53. The van der Waals surface area contributed by atoms with Gasteiger partial charge in [0.1, 0.15) is 5.00 Å². The first kappa shape index (κ1) is 10.0. The predicted octanol–water partition coefficient (Wildman–Crippen LogP) is 2.79. The fourth-order valence-corrected chi connectivity index (χ4v) is 2.43. The van der Waals surface area contributed by atoms with Gasteiger partial charge in [0, 0.05) is 5.39 Å². The molecule has 0 spiro atoms. The van der Waals surface area contributed by atoms with Gasteiger partial charge in [0.05, 0.1) is 17.3 Å². The zero-order valence-electron chi connectivity index (χ0n) is 8.70. The number of nitrogens with zero attached hydrogens (tertiary/aromatic N) is 2. The number of rotatable bonds is 2. The lowest BCUT2D eigenvalue weighted by Gasteiger charge is -1.99. The van der Waals surface area contributed by atoms with Crippen molar-refractivity contribution >= 4 is 28.2 Å². The van der Waals surface area contributed by atoms with Gasteiger partial charge in [-0.1, -0.05) is 0 Å². The van der Waals surface area contributed by atoms with E-state index in [0.29, 0.717) is 0 Å². The summed E-state index contributed by atoms with van der Waals surface area (Å²) in [5.74, 6) is -0.921. The highest BCUT2D eigenvalue weighted by atomic mass is 32.1. The molecule has 0 aliphatic rings. The molecule has 1 aromatic carbocycles. The number of thiophene rings is 1. The second-order valence-electron chi connectivity index (χ2n) is 3.59. The number of benzene rings is 1. The number of carboxylic acids is 1. The van der Waals surface area contributed by atoms with E-state index in [2.05, 4.69) is 5.10 Å². The van der Waals surface area contributed by atoms with Gasteiger partial charge in [-0.2, -0.15) is 5.10 Å². The Morgan fingerprint density at radius 2 is 2.24 bits per heavy atom. The van der Waals surface area contributed by atoms with Crippen LogP contribution >= 0.6 is 11.3 Å². The molecule has 0 amide bonds. The molecule has 0 aliphatic carbocycles. The highest BCUT2D eigenvalue weighted by molar-refractivity contribution is 7.12. The summed E-state index contributed by atoms with van der Waals surface area (Å²) in [6.07, 6.45) is 1.68. The predicted molar refractivity (Wildman–Crippen MR) is 65.9 cm³/mol. The minimum absolute atomic E-state index is 0.281. The maximum atomic E-state index is 10.9. The summed E-state index contributed by atoms with van der Waals surface area (Å²) < 4.78 is 1.81. The van der Waals surface area contributed by atoms with E-state index >= 15 is 0 Å². The molecule has 0 fully saturated rings. The second-order valence-corrected chi connectivity index (χ2v) is 4.51. The van der Waals surface area contributed by atoms with Gasteiger partial charge in [-0.05, 0) is 35.7 Å². The van der Waals surface area contributed by atoms with Crippen LogP contribution in [0.15, 0.2) is 41.9 Å². The lowest BCUT2D eigenvalue weighted by Crippen LogP contribution is -1.96. The molecule has 84 valence electrons. The first-order valence-corrected chi connectivity index (χ1v) is 5.88. The van der Waals surface area contributed by atoms with Crippen LogP contribution in [0.1, 0.15) is 10.4 Å². The molecule has 4 nitrogen and oxygen atoms in total. The van der Waals surface area contributed by atoms with E-state index in [1.807, 2.05) is 22.2 Å². The third-order valence-corrected chi connectivity index (χ3v) is 3.37. The van der Waals surface area contributed by atoms with E-state index in [0.717, 1.165) is 15.9 Å². The van der Waals surface area contributed by atoms with Gasteiger partial charge in [-0.25, -0.2) is 9.48 Å². The Hall–Kier alpha value is -2.14. The number of fused-ring (bicyclic) bond motifs is 1.